The second-order valence-electron chi connectivity index (χ2n) is 6.44. The zero-order valence-corrected chi connectivity index (χ0v) is 16.0. The monoisotopic (exact) mass is 389 g/mol. The fraction of sp³-hybridized carbons (Fsp3) is 0.136. The molecule has 1 N–H and O–H groups in total. The number of halogens is 1. The van der Waals surface area contributed by atoms with Crippen LogP contribution in [0.5, 0.6) is 0 Å². The van der Waals surface area contributed by atoms with Crippen LogP contribution in [0.25, 0.3) is 11.3 Å². The van der Waals surface area contributed by atoms with E-state index in [4.69, 9.17) is 21.8 Å². The Labute approximate surface area is 169 Å². The lowest BCUT2D eigenvalue weighted by molar-refractivity contribution is 0.576. The van der Waals surface area contributed by atoms with Gasteiger partial charge >= 0.3 is 0 Å². The summed E-state index contributed by atoms with van der Waals surface area (Å²) < 4.78 is 0. The van der Waals surface area contributed by atoms with Crippen molar-refractivity contribution < 1.29 is 0 Å². The van der Waals surface area contributed by atoms with E-state index < -0.39 is 0 Å². The van der Waals surface area contributed by atoms with Gasteiger partial charge in [0.1, 0.15) is 11.4 Å². The summed E-state index contributed by atoms with van der Waals surface area (Å²) in [7, 11) is 0. The molecular formula is C22H20ClN5. The molecule has 2 heterocycles. The van der Waals surface area contributed by atoms with Crippen LogP contribution in [0.15, 0.2) is 79.1 Å². The van der Waals surface area contributed by atoms with E-state index in [9.17, 15) is 0 Å². The van der Waals surface area contributed by atoms with Gasteiger partial charge in [0, 0.05) is 36.1 Å². The predicted molar refractivity (Wildman–Crippen MR) is 111 cm³/mol. The Morgan fingerprint density at radius 2 is 1.57 bits per heavy atom. The Balaban J connectivity index is 1.56. The van der Waals surface area contributed by atoms with Gasteiger partial charge in [-0.1, -0.05) is 60.1 Å². The third-order valence-corrected chi connectivity index (χ3v) is 4.78. The second-order valence-corrected chi connectivity index (χ2v) is 6.85. The minimum Gasteiger partial charge on any atom is -0.307 e. The molecule has 28 heavy (non-hydrogen) atoms. The first kappa shape index (κ1) is 18.3. The summed E-state index contributed by atoms with van der Waals surface area (Å²) in [4.78, 5) is 5.77. The highest BCUT2D eigenvalue weighted by Gasteiger charge is 2.14. The van der Waals surface area contributed by atoms with E-state index in [1.165, 1.54) is 5.56 Å². The van der Waals surface area contributed by atoms with Crippen LogP contribution in [0.3, 0.4) is 0 Å². The van der Waals surface area contributed by atoms with Crippen molar-refractivity contribution in [1.29, 1.82) is 0 Å². The number of aromatic nitrogens is 4. The van der Waals surface area contributed by atoms with Gasteiger partial charge in [0.2, 0.25) is 0 Å². The molecule has 4 aromatic rings. The van der Waals surface area contributed by atoms with E-state index in [0.29, 0.717) is 13.1 Å². The van der Waals surface area contributed by atoms with Gasteiger partial charge in [-0.25, -0.2) is 0 Å². The van der Waals surface area contributed by atoms with Crippen LogP contribution in [-0.4, -0.2) is 20.0 Å². The molecule has 2 aromatic carbocycles. The maximum Gasteiger partial charge on any atom is 0.117 e. The van der Waals surface area contributed by atoms with Crippen LogP contribution in [0.1, 0.15) is 16.8 Å². The number of pyridine rings is 1. The van der Waals surface area contributed by atoms with Crippen molar-refractivity contribution in [2.45, 2.75) is 19.6 Å². The van der Waals surface area contributed by atoms with E-state index in [-0.39, 0.29) is 0 Å². The van der Waals surface area contributed by atoms with Gasteiger partial charge in [0.25, 0.3) is 0 Å². The summed E-state index contributed by atoms with van der Waals surface area (Å²) in [6, 6.07) is 21.9. The SMILES string of the molecule is Clc1ccccc1Cn1nc(CNCc2ccncc2)c(-c2ccccc2)n1. The summed E-state index contributed by atoms with van der Waals surface area (Å²) in [5, 5.41) is 13.6. The highest BCUT2D eigenvalue weighted by Crippen LogP contribution is 2.21. The Kier molecular flexibility index (Phi) is 5.75. The van der Waals surface area contributed by atoms with Crippen molar-refractivity contribution >= 4 is 11.6 Å². The lowest BCUT2D eigenvalue weighted by Crippen LogP contribution is -2.14. The first-order chi connectivity index (χ1) is 13.8. The fourth-order valence-corrected chi connectivity index (χ4v) is 3.19. The highest BCUT2D eigenvalue weighted by atomic mass is 35.5. The lowest BCUT2D eigenvalue weighted by Gasteiger charge is -2.04. The van der Waals surface area contributed by atoms with E-state index in [2.05, 4.69) is 22.4 Å². The van der Waals surface area contributed by atoms with Crippen LogP contribution in [0, 0.1) is 0 Å². The zero-order valence-electron chi connectivity index (χ0n) is 15.3. The summed E-state index contributed by atoms with van der Waals surface area (Å²) in [6.07, 6.45) is 3.60. The van der Waals surface area contributed by atoms with Crippen molar-refractivity contribution in [3.05, 3.63) is 101 Å². The largest absolute Gasteiger partial charge is 0.307 e. The molecule has 0 aliphatic carbocycles. The van der Waals surface area contributed by atoms with E-state index in [1.54, 1.807) is 17.2 Å². The highest BCUT2D eigenvalue weighted by molar-refractivity contribution is 6.31. The van der Waals surface area contributed by atoms with Gasteiger partial charge in [-0.15, -0.1) is 0 Å². The van der Waals surface area contributed by atoms with Crippen molar-refractivity contribution in [2.75, 3.05) is 0 Å². The van der Waals surface area contributed by atoms with Gasteiger partial charge in [-0.3, -0.25) is 4.98 Å². The maximum atomic E-state index is 6.30. The van der Waals surface area contributed by atoms with E-state index in [1.807, 2.05) is 54.6 Å². The molecule has 0 atom stereocenters. The molecule has 6 heteroatoms. The number of hydrogen-bond donors (Lipinski definition) is 1. The van der Waals surface area contributed by atoms with Crippen LogP contribution >= 0.6 is 11.6 Å². The number of nitrogens with zero attached hydrogens (tertiary/aromatic N) is 4. The van der Waals surface area contributed by atoms with Crippen molar-refractivity contribution in [3.8, 4) is 11.3 Å². The molecule has 0 fully saturated rings. The van der Waals surface area contributed by atoms with Crippen molar-refractivity contribution in [3.63, 3.8) is 0 Å². The average molecular weight is 390 g/mol. The molecule has 0 saturated carbocycles. The quantitative estimate of drug-likeness (QED) is 0.511. The second kappa shape index (κ2) is 8.78. The van der Waals surface area contributed by atoms with Crippen LogP contribution in [0.4, 0.5) is 0 Å². The van der Waals surface area contributed by atoms with Crippen LogP contribution < -0.4 is 5.32 Å². The molecule has 0 amide bonds. The van der Waals surface area contributed by atoms with Crippen LogP contribution in [0.2, 0.25) is 5.02 Å². The first-order valence-electron chi connectivity index (χ1n) is 9.12. The van der Waals surface area contributed by atoms with Gasteiger partial charge in [0.05, 0.1) is 6.54 Å². The summed E-state index contributed by atoms with van der Waals surface area (Å²) in [6.45, 7) is 1.90. The minimum absolute atomic E-state index is 0.532. The van der Waals surface area contributed by atoms with Crippen molar-refractivity contribution in [1.82, 2.24) is 25.3 Å². The molecule has 0 saturated heterocycles. The van der Waals surface area contributed by atoms with Crippen LogP contribution in [-0.2, 0) is 19.6 Å². The normalized spacial score (nSPS) is 10.9. The molecule has 4 rings (SSSR count). The summed E-state index contributed by atoms with van der Waals surface area (Å²) in [5.41, 5.74) is 5.02. The number of rotatable bonds is 7. The standard InChI is InChI=1S/C22H20ClN5/c23-20-9-5-4-8-19(20)16-28-26-21(15-25-14-17-10-12-24-13-11-17)22(27-28)18-6-2-1-3-7-18/h1-13,25H,14-16H2. The Hall–Kier alpha value is -3.02. The van der Waals surface area contributed by atoms with E-state index >= 15 is 0 Å². The molecule has 140 valence electrons. The third-order valence-electron chi connectivity index (χ3n) is 4.41. The smallest absolute Gasteiger partial charge is 0.117 e. The molecule has 2 aromatic heterocycles. The lowest BCUT2D eigenvalue weighted by atomic mass is 10.1. The fourth-order valence-electron chi connectivity index (χ4n) is 3.00. The average Bonchev–Trinajstić information content (AvgIpc) is 3.14. The summed E-state index contributed by atoms with van der Waals surface area (Å²) >= 11 is 6.30. The van der Waals surface area contributed by atoms with Gasteiger partial charge in [-0.2, -0.15) is 15.0 Å². The summed E-state index contributed by atoms with van der Waals surface area (Å²) in [5.74, 6) is 0. The van der Waals surface area contributed by atoms with Gasteiger partial charge in [0.15, 0.2) is 0 Å². The molecule has 0 spiro atoms. The molecule has 0 bridgehead atoms. The third kappa shape index (κ3) is 4.44. The molecular weight excluding hydrogens is 370 g/mol. The molecule has 0 radical (unpaired) electrons. The van der Waals surface area contributed by atoms with E-state index in [0.717, 1.165) is 34.1 Å². The Bertz CT molecular complexity index is 1030. The maximum absolute atomic E-state index is 6.30. The van der Waals surface area contributed by atoms with Gasteiger partial charge in [-0.05, 0) is 29.3 Å². The van der Waals surface area contributed by atoms with Crippen molar-refractivity contribution in [2.24, 2.45) is 0 Å². The number of hydrogen-bond acceptors (Lipinski definition) is 4. The van der Waals surface area contributed by atoms with Gasteiger partial charge < -0.3 is 5.32 Å². The zero-order chi connectivity index (χ0) is 19.2. The topological polar surface area (TPSA) is 55.6 Å². The molecule has 0 aliphatic heterocycles. The predicted octanol–water partition coefficient (Wildman–Crippen LogP) is 4.33. The number of benzene rings is 2. The minimum atomic E-state index is 0.532. The Morgan fingerprint density at radius 1 is 0.821 bits per heavy atom. The number of nitrogens with one attached hydrogen (secondary N) is 1. The Morgan fingerprint density at radius 3 is 2.36 bits per heavy atom. The molecule has 5 nitrogen and oxygen atoms in total. The molecule has 0 aliphatic rings. The molecule has 0 unspecified atom stereocenters. The first-order valence-corrected chi connectivity index (χ1v) is 9.50.